The summed E-state index contributed by atoms with van der Waals surface area (Å²) in [5.74, 6) is -0.246. The Labute approximate surface area is 238 Å². The van der Waals surface area contributed by atoms with E-state index >= 15 is 0 Å². The normalized spacial score (nSPS) is 27.7. The number of benzene rings is 1. The van der Waals surface area contributed by atoms with E-state index in [9.17, 15) is 19.5 Å². The van der Waals surface area contributed by atoms with Gasteiger partial charge in [0.05, 0.1) is 41.1 Å². The summed E-state index contributed by atoms with van der Waals surface area (Å²) < 4.78 is 7.12. The number of hydrogen-bond donors (Lipinski definition) is 1. The summed E-state index contributed by atoms with van der Waals surface area (Å²) in [4.78, 5) is 41.4. The first-order chi connectivity index (χ1) is 19.4. The zero-order valence-electron chi connectivity index (χ0n) is 22.5. The molecule has 0 radical (unpaired) electrons. The molecule has 8 nitrogen and oxygen atoms in total. The third-order valence-electron chi connectivity index (χ3n) is 9.71. The number of aromatic nitrogens is 2. The van der Waals surface area contributed by atoms with E-state index in [0.717, 1.165) is 67.2 Å². The lowest BCUT2D eigenvalue weighted by molar-refractivity contribution is -0.142. The third kappa shape index (κ3) is 4.49. The third-order valence-corrected chi connectivity index (χ3v) is 10.0. The molecular weight excluding hydrogens is 530 g/mol. The van der Waals surface area contributed by atoms with Gasteiger partial charge in [-0.15, -0.1) is 0 Å². The lowest BCUT2D eigenvalue weighted by Gasteiger charge is -2.28. The predicted molar refractivity (Wildman–Crippen MR) is 148 cm³/mol. The molecule has 2 saturated heterocycles. The smallest absolute Gasteiger partial charge is 0.306 e. The van der Waals surface area contributed by atoms with E-state index in [2.05, 4.69) is 0 Å². The summed E-state index contributed by atoms with van der Waals surface area (Å²) in [6, 6.07) is 5.64. The molecule has 3 fully saturated rings. The fraction of sp³-hybridized carbons (Fsp3) is 0.548. The van der Waals surface area contributed by atoms with Crippen LogP contribution >= 0.6 is 11.6 Å². The van der Waals surface area contributed by atoms with E-state index in [4.69, 9.17) is 21.4 Å². The summed E-state index contributed by atoms with van der Waals surface area (Å²) in [6.45, 7) is 2.95. The van der Waals surface area contributed by atoms with E-state index in [0.29, 0.717) is 66.9 Å². The van der Waals surface area contributed by atoms with Crippen molar-refractivity contribution < 1.29 is 24.2 Å². The molecule has 40 heavy (non-hydrogen) atoms. The Morgan fingerprint density at radius 3 is 2.42 bits per heavy atom. The number of carbonyl (C=O) groups is 3. The monoisotopic (exact) mass is 563 g/mol. The molecule has 3 aliphatic carbocycles. The highest BCUT2D eigenvalue weighted by Crippen LogP contribution is 2.44. The van der Waals surface area contributed by atoms with Crippen LogP contribution in [0.2, 0.25) is 5.02 Å². The zero-order valence-corrected chi connectivity index (χ0v) is 23.2. The molecule has 0 bridgehead atoms. The first-order valence-corrected chi connectivity index (χ1v) is 15.0. The van der Waals surface area contributed by atoms with Gasteiger partial charge in [-0.1, -0.05) is 29.8 Å². The molecular formula is C31H34ClN3O5. The van der Waals surface area contributed by atoms with Crippen molar-refractivity contribution in [1.29, 1.82) is 0 Å². The number of carboxylic acid groups (broad SMARTS) is 1. The average Bonchev–Trinajstić information content (AvgIpc) is 3.40. The maximum absolute atomic E-state index is 14.2. The number of ether oxygens (including phenoxy) is 1. The van der Waals surface area contributed by atoms with Crippen molar-refractivity contribution in [2.24, 2.45) is 23.7 Å². The molecule has 2 aliphatic heterocycles. The van der Waals surface area contributed by atoms with Crippen LogP contribution in [0.5, 0.6) is 0 Å². The number of nitrogens with zero attached hydrogens (tertiary/aromatic N) is 3. The molecule has 3 heterocycles. The van der Waals surface area contributed by atoms with Gasteiger partial charge in [0.25, 0.3) is 5.91 Å². The lowest BCUT2D eigenvalue weighted by Crippen LogP contribution is -2.38. The highest BCUT2D eigenvalue weighted by Gasteiger charge is 2.42. The minimum atomic E-state index is -0.775. The zero-order chi connectivity index (χ0) is 27.5. The van der Waals surface area contributed by atoms with E-state index in [1.54, 1.807) is 6.07 Å². The number of likely N-dealkylation sites (tertiary alicyclic amines) is 1. The summed E-state index contributed by atoms with van der Waals surface area (Å²) in [5, 5.41) is 14.8. The van der Waals surface area contributed by atoms with Gasteiger partial charge in [-0.05, 0) is 68.1 Å². The number of fused-ring (bicyclic) bond motifs is 2. The van der Waals surface area contributed by atoms with Gasteiger partial charge in [0, 0.05) is 42.8 Å². The SMILES string of the molecule is O=C(O)C1CC=C(c2nn(C(=O)c3c(Cl)cccc3C3CC3)c3c2CCC(C(=O)N2CC4COCC4C2)C3)CC1. The molecule has 4 unspecified atom stereocenters. The Bertz CT molecular complexity index is 1410. The molecule has 1 saturated carbocycles. The quantitative estimate of drug-likeness (QED) is 0.571. The van der Waals surface area contributed by atoms with Crippen LogP contribution in [0, 0.1) is 23.7 Å². The minimum absolute atomic E-state index is 0.166. The number of rotatable bonds is 5. The Hall–Kier alpha value is -2.97. The molecule has 0 spiro atoms. The molecule has 7 rings (SSSR count). The van der Waals surface area contributed by atoms with Crippen molar-refractivity contribution in [3.8, 4) is 0 Å². The predicted octanol–water partition coefficient (Wildman–Crippen LogP) is 4.58. The highest BCUT2D eigenvalue weighted by molar-refractivity contribution is 6.34. The molecule has 2 aromatic rings. The molecule has 5 aliphatic rings. The molecule has 1 aromatic heterocycles. The Balaban J connectivity index is 1.24. The van der Waals surface area contributed by atoms with E-state index in [1.165, 1.54) is 4.68 Å². The van der Waals surface area contributed by atoms with Gasteiger partial charge in [0.1, 0.15) is 0 Å². The van der Waals surface area contributed by atoms with Crippen LogP contribution in [-0.2, 0) is 27.2 Å². The van der Waals surface area contributed by atoms with Crippen LogP contribution in [0.15, 0.2) is 24.3 Å². The van der Waals surface area contributed by atoms with Crippen LogP contribution < -0.4 is 0 Å². The van der Waals surface area contributed by atoms with E-state index in [-0.39, 0.29) is 23.7 Å². The minimum Gasteiger partial charge on any atom is -0.481 e. The van der Waals surface area contributed by atoms with Gasteiger partial charge < -0.3 is 14.7 Å². The molecule has 1 amide bonds. The van der Waals surface area contributed by atoms with Crippen LogP contribution in [0.1, 0.15) is 77.3 Å². The molecule has 210 valence electrons. The largest absolute Gasteiger partial charge is 0.481 e. The van der Waals surface area contributed by atoms with Crippen molar-refractivity contribution in [2.45, 2.75) is 57.3 Å². The van der Waals surface area contributed by atoms with Crippen LogP contribution in [0.4, 0.5) is 0 Å². The van der Waals surface area contributed by atoms with Crippen molar-refractivity contribution in [3.63, 3.8) is 0 Å². The maximum atomic E-state index is 14.2. The van der Waals surface area contributed by atoms with Gasteiger partial charge >= 0.3 is 5.97 Å². The van der Waals surface area contributed by atoms with Crippen molar-refractivity contribution >= 4 is 35.0 Å². The summed E-state index contributed by atoms with van der Waals surface area (Å²) in [6.07, 6.45) is 7.52. The molecule has 9 heteroatoms. The van der Waals surface area contributed by atoms with Gasteiger partial charge in [0.2, 0.25) is 5.91 Å². The first kappa shape index (κ1) is 26.0. The number of aliphatic carboxylic acids is 1. The van der Waals surface area contributed by atoms with Crippen molar-refractivity contribution in [3.05, 3.63) is 57.4 Å². The number of carboxylic acids is 1. The van der Waals surface area contributed by atoms with E-state index in [1.807, 2.05) is 23.1 Å². The van der Waals surface area contributed by atoms with Crippen molar-refractivity contribution in [2.75, 3.05) is 26.3 Å². The second-order valence-electron chi connectivity index (χ2n) is 12.2. The average molecular weight is 564 g/mol. The Morgan fingerprint density at radius 2 is 1.75 bits per heavy atom. The Morgan fingerprint density at radius 1 is 1.00 bits per heavy atom. The topological polar surface area (TPSA) is 102 Å². The molecule has 4 atom stereocenters. The fourth-order valence-electron chi connectivity index (χ4n) is 7.25. The summed E-state index contributed by atoms with van der Waals surface area (Å²) in [5.41, 5.74) is 5.08. The number of amides is 1. The van der Waals surface area contributed by atoms with Crippen LogP contribution in [0.25, 0.3) is 5.57 Å². The molecule has 1 N–H and O–H groups in total. The summed E-state index contributed by atoms with van der Waals surface area (Å²) in [7, 11) is 0. The standard InChI is InChI=1S/C31H34ClN3O5/c32-25-3-1-2-23(17-4-5-17)27(25)30(37)35-26-12-20(29(36)34-13-21-15-40-16-22(21)14-34)10-11-24(26)28(33-35)18-6-8-19(9-7-18)31(38)39/h1-3,6,17,19-22H,4-5,7-16H2,(H,38,39). The second kappa shape index (κ2) is 10.1. The molecule has 1 aromatic carbocycles. The van der Waals surface area contributed by atoms with Gasteiger partial charge in [-0.2, -0.15) is 9.78 Å². The highest BCUT2D eigenvalue weighted by atomic mass is 35.5. The number of halogens is 1. The Kier molecular flexibility index (Phi) is 6.58. The first-order valence-electron chi connectivity index (χ1n) is 14.6. The second-order valence-corrected chi connectivity index (χ2v) is 12.7. The summed E-state index contributed by atoms with van der Waals surface area (Å²) >= 11 is 6.64. The fourth-order valence-corrected chi connectivity index (χ4v) is 7.52. The van der Waals surface area contributed by atoms with Gasteiger partial charge in [-0.25, -0.2) is 0 Å². The number of allylic oxidation sites excluding steroid dienone is 2. The van der Waals surface area contributed by atoms with Crippen LogP contribution in [-0.4, -0.2) is 63.9 Å². The van der Waals surface area contributed by atoms with Crippen molar-refractivity contribution in [1.82, 2.24) is 14.7 Å². The lowest BCUT2D eigenvalue weighted by atomic mass is 9.82. The number of hydrogen-bond acceptors (Lipinski definition) is 5. The van der Waals surface area contributed by atoms with Gasteiger partial charge in [-0.3, -0.25) is 14.4 Å². The maximum Gasteiger partial charge on any atom is 0.306 e. The van der Waals surface area contributed by atoms with E-state index < -0.39 is 5.97 Å². The van der Waals surface area contributed by atoms with Crippen LogP contribution in [0.3, 0.4) is 0 Å². The number of carbonyl (C=O) groups excluding carboxylic acids is 2. The van der Waals surface area contributed by atoms with Gasteiger partial charge in [0.15, 0.2) is 0 Å².